The molecule has 1 fully saturated rings. The summed E-state index contributed by atoms with van der Waals surface area (Å²) in [5.41, 5.74) is 0. The molecule has 1 rings (SSSR count). The first-order valence-electron chi connectivity index (χ1n) is 3.62. The van der Waals surface area contributed by atoms with Crippen LogP contribution in [-0.2, 0) is 14.3 Å². The quantitative estimate of drug-likeness (QED) is 0.454. The van der Waals surface area contributed by atoms with Gasteiger partial charge in [-0.05, 0) is 6.42 Å². The average Bonchev–Trinajstić information content (AvgIpc) is 1.86. The second-order valence-corrected chi connectivity index (χ2v) is 2.55. The van der Waals surface area contributed by atoms with E-state index in [4.69, 9.17) is 4.74 Å². The van der Waals surface area contributed by atoms with Gasteiger partial charge in [0.1, 0.15) is 0 Å². The maximum Gasteiger partial charge on any atom is 0.304 e. The third-order valence-corrected chi connectivity index (χ3v) is 1.72. The highest BCUT2D eigenvalue weighted by atomic mass is 16.6. The SMILES string of the molecule is CC[C@@H]1C(=O)N[C@@H]1OC(C)=O. The highest BCUT2D eigenvalue weighted by Gasteiger charge is 2.39. The van der Waals surface area contributed by atoms with E-state index in [0.29, 0.717) is 6.42 Å². The second-order valence-electron chi connectivity index (χ2n) is 2.55. The van der Waals surface area contributed by atoms with Gasteiger partial charge in [0.25, 0.3) is 0 Å². The number of esters is 1. The Bertz CT molecular complexity index is 190. The van der Waals surface area contributed by atoms with Crippen LogP contribution >= 0.6 is 0 Å². The molecule has 0 aromatic heterocycles. The molecule has 4 nitrogen and oxygen atoms in total. The number of β-lactam (4-membered cyclic amide) rings is 1. The summed E-state index contributed by atoms with van der Waals surface area (Å²) in [6, 6.07) is 0. The van der Waals surface area contributed by atoms with Crippen molar-refractivity contribution in [1.29, 1.82) is 0 Å². The number of nitrogens with one attached hydrogen (secondary N) is 1. The molecule has 4 heteroatoms. The predicted octanol–water partition coefficient (Wildman–Crippen LogP) is 0.0316. The summed E-state index contributed by atoms with van der Waals surface area (Å²) < 4.78 is 4.79. The molecule has 2 atom stereocenters. The Labute approximate surface area is 64.9 Å². The van der Waals surface area contributed by atoms with Crippen molar-refractivity contribution in [2.75, 3.05) is 0 Å². The summed E-state index contributed by atoms with van der Waals surface area (Å²) in [5, 5.41) is 2.49. The van der Waals surface area contributed by atoms with Gasteiger partial charge in [0.05, 0.1) is 5.92 Å². The van der Waals surface area contributed by atoms with Gasteiger partial charge in [0, 0.05) is 6.92 Å². The van der Waals surface area contributed by atoms with Crippen LogP contribution in [0.3, 0.4) is 0 Å². The molecular weight excluding hydrogens is 146 g/mol. The summed E-state index contributed by atoms with van der Waals surface area (Å²) in [6.07, 6.45) is 0.328. The van der Waals surface area contributed by atoms with E-state index in [1.165, 1.54) is 6.92 Å². The van der Waals surface area contributed by atoms with Crippen LogP contribution in [0, 0.1) is 5.92 Å². The van der Waals surface area contributed by atoms with Crippen molar-refractivity contribution in [2.24, 2.45) is 5.92 Å². The fourth-order valence-corrected chi connectivity index (χ4v) is 1.08. The Hall–Kier alpha value is -1.06. The smallest absolute Gasteiger partial charge is 0.304 e. The van der Waals surface area contributed by atoms with Gasteiger partial charge in [-0.3, -0.25) is 9.59 Å². The van der Waals surface area contributed by atoms with Crippen molar-refractivity contribution in [3.63, 3.8) is 0 Å². The number of amides is 1. The maximum atomic E-state index is 10.8. The zero-order valence-electron chi connectivity index (χ0n) is 6.59. The molecular formula is C7H11NO3. The number of carbonyl (C=O) groups is 2. The highest BCUT2D eigenvalue weighted by molar-refractivity contribution is 5.86. The van der Waals surface area contributed by atoms with E-state index < -0.39 is 0 Å². The molecule has 1 heterocycles. The predicted molar refractivity (Wildman–Crippen MR) is 37.5 cm³/mol. The van der Waals surface area contributed by atoms with Gasteiger partial charge < -0.3 is 10.1 Å². The molecule has 1 amide bonds. The molecule has 0 saturated carbocycles. The lowest BCUT2D eigenvalue weighted by atomic mass is 9.96. The van der Waals surface area contributed by atoms with E-state index in [1.807, 2.05) is 6.92 Å². The zero-order chi connectivity index (χ0) is 8.43. The van der Waals surface area contributed by atoms with Crippen LogP contribution in [0.5, 0.6) is 0 Å². The van der Waals surface area contributed by atoms with Crippen LogP contribution < -0.4 is 5.32 Å². The fraction of sp³-hybridized carbons (Fsp3) is 0.714. The molecule has 1 saturated heterocycles. The van der Waals surface area contributed by atoms with Gasteiger partial charge in [-0.1, -0.05) is 6.92 Å². The molecule has 0 unspecified atom stereocenters. The first-order chi connectivity index (χ1) is 5.15. The Balaban J connectivity index is 2.38. The molecule has 1 aliphatic heterocycles. The lowest BCUT2D eigenvalue weighted by Gasteiger charge is -2.34. The van der Waals surface area contributed by atoms with E-state index >= 15 is 0 Å². The minimum absolute atomic E-state index is 0.0289. The average molecular weight is 157 g/mol. The number of rotatable bonds is 2. The number of hydrogen-bond donors (Lipinski definition) is 1. The standard InChI is InChI=1S/C7H11NO3/c1-3-5-6(10)8-7(5)11-4(2)9/h5,7H,3H2,1-2H3,(H,8,10)/t5-,7-/m1/s1. The molecule has 0 aliphatic carbocycles. The number of carbonyl (C=O) groups excluding carboxylic acids is 2. The van der Waals surface area contributed by atoms with Crippen LogP contribution in [0.25, 0.3) is 0 Å². The first kappa shape index (κ1) is 8.04. The van der Waals surface area contributed by atoms with Crippen molar-refractivity contribution in [2.45, 2.75) is 26.5 Å². The molecule has 0 aromatic carbocycles. The van der Waals surface area contributed by atoms with Crippen molar-refractivity contribution in [3.05, 3.63) is 0 Å². The van der Waals surface area contributed by atoms with Crippen LogP contribution in [-0.4, -0.2) is 18.1 Å². The molecule has 1 aliphatic rings. The summed E-state index contributed by atoms with van der Waals surface area (Å²) in [7, 11) is 0. The van der Waals surface area contributed by atoms with Crippen molar-refractivity contribution >= 4 is 11.9 Å². The van der Waals surface area contributed by atoms with Crippen LogP contribution in [0.15, 0.2) is 0 Å². The van der Waals surface area contributed by atoms with E-state index in [1.54, 1.807) is 0 Å². The molecule has 0 radical (unpaired) electrons. The Kier molecular flexibility index (Phi) is 2.12. The summed E-state index contributed by atoms with van der Waals surface area (Å²) in [6.45, 7) is 3.22. The minimum Gasteiger partial charge on any atom is -0.441 e. The molecule has 0 spiro atoms. The van der Waals surface area contributed by atoms with Crippen LogP contribution in [0.1, 0.15) is 20.3 Å². The fourth-order valence-electron chi connectivity index (χ4n) is 1.08. The summed E-state index contributed by atoms with van der Waals surface area (Å²) in [5.74, 6) is -0.522. The van der Waals surface area contributed by atoms with Gasteiger partial charge >= 0.3 is 5.97 Å². The van der Waals surface area contributed by atoms with Crippen LogP contribution in [0.4, 0.5) is 0 Å². The molecule has 0 aromatic rings. The van der Waals surface area contributed by atoms with Crippen molar-refractivity contribution in [1.82, 2.24) is 5.32 Å². The van der Waals surface area contributed by atoms with Gasteiger partial charge in [-0.25, -0.2) is 0 Å². The molecule has 1 N–H and O–H groups in total. The summed E-state index contributed by atoms with van der Waals surface area (Å²) >= 11 is 0. The zero-order valence-corrected chi connectivity index (χ0v) is 6.59. The third kappa shape index (κ3) is 1.50. The van der Waals surface area contributed by atoms with Crippen molar-refractivity contribution < 1.29 is 14.3 Å². The Morgan fingerprint density at radius 2 is 2.36 bits per heavy atom. The topological polar surface area (TPSA) is 55.4 Å². The first-order valence-corrected chi connectivity index (χ1v) is 3.62. The molecule has 0 bridgehead atoms. The van der Waals surface area contributed by atoms with Gasteiger partial charge in [0.2, 0.25) is 5.91 Å². The minimum atomic E-state index is -0.384. The molecule has 62 valence electrons. The highest BCUT2D eigenvalue weighted by Crippen LogP contribution is 2.19. The lowest BCUT2D eigenvalue weighted by molar-refractivity contribution is -0.167. The second kappa shape index (κ2) is 2.90. The van der Waals surface area contributed by atoms with Gasteiger partial charge in [-0.2, -0.15) is 0 Å². The third-order valence-electron chi connectivity index (χ3n) is 1.72. The van der Waals surface area contributed by atoms with E-state index in [-0.39, 0.29) is 24.0 Å². The monoisotopic (exact) mass is 157 g/mol. The van der Waals surface area contributed by atoms with E-state index in [2.05, 4.69) is 5.32 Å². The van der Waals surface area contributed by atoms with E-state index in [0.717, 1.165) is 0 Å². The number of ether oxygens (including phenoxy) is 1. The Morgan fingerprint density at radius 1 is 1.73 bits per heavy atom. The van der Waals surface area contributed by atoms with Gasteiger partial charge in [-0.15, -0.1) is 0 Å². The van der Waals surface area contributed by atoms with Crippen molar-refractivity contribution in [3.8, 4) is 0 Å². The normalized spacial score (nSPS) is 28.7. The van der Waals surface area contributed by atoms with Gasteiger partial charge in [0.15, 0.2) is 6.23 Å². The largest absolute Gasteiger partial charge is 0.441 e. The maximum absolute atomic E-state index is 10.8. The van der Waals surface area contributed by atoms with E-state index in [9.17, 15) is 9.59 Å². The Morgan fingerprint density at radius 3 is 2.73 bits per heavy atom. The lowest BCUT2D eigenvalue weighted by Crippen LogP contribution is -2.59. The molecule has 11 heavy (non-hydrogen) atoms. The summed E-state index contributed by atoms with van der Waals surface area (Å²) in [4.78, 5) is 21.2. The van der Waals surface area contributed by atoms with Crippen LogP contribution in [0.2, 0.25) is 0 Å². The number of hydrogen-bond acceptors (Lipinski definition) is 3.